The second-order valence-corrected chi connectivity index (χ2v) is 3.75. The normalized spacial score (nSPS) is 11.2. The fourth-order valence-electron chi connectivity index (χ4n) is 1.87. The first-order valence-electron chi connectivity index (χ1n) is 4.95. The second kappa shape index (κ2) is 3.48. The molecule has 3 heteroatoms. The van der Waals surface area contributed by atoms with Gasteiger partial charge in [0.1, 0.15) is 5.82 Å². The fraction of sp³-hybridized carbons (Fsp3) is 0. The average Bonchev–Trinajstić information content (AvgIpc) is 2.33. The summed E-state index contributed by atoms with van der Waals surface area (Å²) in [6.45, 7) is 0. The summed E-state index contributed by atoms with van der Waals surface area (Å²) >= 11 is 0. The van der Waals surface area contributed by atoms with E-state index in [9.17, 15) is 13.2 Å². The Kier molecular flexibility index (Phi) is 2.08. The van der Waals surface area contributed by atoms with Gasteiger partial charge in [0, 0.05) is 16.8 Å². The maximum atomic E-state index is 13.5. The first-order valence-corrected chi connectivity index (χ1v) is 4.95. The maximum absolute atomic E-state index is 13.5. The van der Waals surface area contributed by atoms with Crippen molar-refractivity contribution in [1.82, 2.24) is 0 Å². The number of hydrogen-bond acceptors (Lipinski definition) is 0. The fourth-order valence-corrected chi connectivity index (χ4v) is 1.87. The van der Waals surface area contributed by atoms with Crippen LogP contribution in [-0.4, -0.2) is 0 Å². The molecular weight excluding hydrogens is 225 g/mol. The Hall–Kier alpha value is -2.03. The SMILES string of the molecule is Fc1[c]cc2cc3c(F)c[c]cc3cc2c1F. The maximum Gasteiger partial charge on any atom is 0.167 e. The van der Waals surface area contributed by atoms with Crippen LogP contribution in [0, 0.1) is 29.6 Å². The van der Waals surface area contributed by atoms with E-state index in [4.69, 9.17) is 0 Å². The number of halogens is 3. The van der Waals surface area contributed by atoms with Gasteiger partial charge in [-0.25, -0.2) is 13.2 Å². The van der Waals surface area contributed by atoms with E-state index < -0.39 is 17.5 Å². The van der Waals surface area contributed by atoms with E-state index in [1.807, 2.05) is 0 Å². The van der Waals surface area contributed by atoms with Gasteiger partial charge in [-0.15, -0.1) is 0 Å². The Balaban J connectivity index is 2.52. The lowest BCUT2D eigenvalue weighted by Gasteiger charge is -2.04. The van der Waals surface area contributed by atoms with Crippen LogP contribution >= 0.6 is 0 Å². The van der Waals surface area contributed by atoms with Crippen LogP contribution in [0.15, 0.2) is 30.3 Å². The van der Waals surface area contributed by atoms with Gasteiger partial charge in [-0.2, -0.15) is 0 Å². The number of hydrogen-bond donors (Lipinski definition) is 0. The third kappa shape index (κ3) is 1.46. The third-order valence-corrected chi connectivity index (χ3v) is 2.71. The number of rotatable bonds is 0. The van der Waals surface area contributed by atoms with E-state index in [1.165, 1.54) is 30.3 Å². The molecule has 3 aromatic rings. The van der Waals surface area contributed by atoms with E-state index in [2.05, 4.69) is 12.1 Å². The van der Waals surface area contributed by atoms with Crippen LogP contribution in [0.3, 0.4) is 0 Å². The Labute approximate surface area is 95.3 Å². The summed E-state index contributed by atoms with van der Waals surface area (Å²) in [5.41, 5.74) is 0. The molecule has 0 amide bonds. The molecule has 17 heavy (non-hydrogen) atoms. The van der Waals surface area contributed by atoms with E-state index in [-0.39, 0.29) is 5.39 Å². The summed E-state index contributed by atoms with van der Waals surface area (Å²) in [5.74, 6) is -2.43. The zero-order valence-electron chi connectivity index (χ0n) is 8.52. The Bertz CT molecular complexity index is 732. The molecule has 0 nitrogen and oxygen atoms in total. The molecule has 0 fully saturated rings. The quantitative estimate of drug-likeness (QED) is 0.512. The van der Waals surface area contributed by atoms with Crippen LogP contribution in [-0.2, 0) is 0 Å². The lowest BCUT2D eigenvalue weighted by Crippen LogP contribution is -1.88. The summed E-state index contributed by atoms with van der Waals surface area (Å²) in [4.78, 5) is 0. The molecule has 82 valence electrons. The van der Waals surface area contributed by atoms with Crippen LogP contribution in [0.1, 0.15) is 0 Å². The van der Waals surface area contributed by atoms with Crippen molar-refractivity contribution >= 4 is 21.5 Å². The highest BCUT2D eigenvalue weighted by molar-refractivity contribution is 5.98. The summed E-state index contributed by atoms with van der Waals surface area (Å²) in [6.07, 6.45) is 0. The Morgan fingerprint density at radius 2 is 1.53 bits per heavy atom. The molecule has 0 atom stereocenters. The lowest BCUT2D eigenvalue weighted by atomic mass is 10.0. The summed E-state index contributed by atoms with van der Waals surface area (Å²) in [6, 6.07) is 11.7. The summed E-state index contributed by atoms with van der Waals surface area (Å²) in [5, 5.41) is 1.38. The van der Waals surface area contributed by atoms with Crippen molar-refractivity contribution in [3.8, 4) is 0 Å². The van der Waals surface area contributed by atoms with Crippen molar-refractivity contribution in [3.05, 3.63) is 59.9 Å². The molecule has 0 unspecified atom stereocenters. The minimum Gasteiger partial charge on any atom is -0.206 e. The Morgan fingerprint density at radius 3 is 2.35 bits per heavy atom. The predicted molar refractivity (Wildman–Crippen MR) is 59.0 cm³/mol. The zero-order chi connectivity index (χ0) is 12.0. The molecular formula is C14H5F3. The molecule has 0 aliphatic carbocycles. The van der Waals surface area contributed by atoms with Crippen molar-refractivity contribution in [1.29, 1.82) is 0 Å². The minimum atomic E-state index is -1.03. The van der Waals surface area contributed by atoms with Crippen molar-refractivity contribution in [2.75, 3.05) is 0 Å². The molecule has 0 saturated carbocycles. The average molecular weight is 230 g/mol. The molecule has 0 aromatic heterocycles. The van der Waals surface area contributed by atoms with E-state index in [0.29, 0.717) is 16.2 Å². The number of fused-ring (bicyclic) bond motifs is 2. The minimum absolute atomic E-state index is 0.118. The predicted octanol–water partition coefficient (Wildman–Crippen LogP) is 4.01. The van der Waals surface area contributed by atoms with Gasteiger partial charge in [0.05, 0.1) is 0 Å². The van der Waals surface area contributed by atoms with Crippen LogP contribution in [0.5, 0.6) is 0 Å². The van der Waals surface area contributed by atoms with E-state index in [1.54, 1.807) is 0 Å². The van der Waals surface area contributed by atoms with Crippen molar-refractivity contribution in [2.45, 2.75) is 0 Å². The lowest BCUT2D eigenvalue weighted by molar-refractivity contribution is 0.515. The van der Waals surface area contributed by atoms with Gasteiger partial charge in [-0.3, -0.25) is 0 Å². The monoisotopic (exact) mass is 230 g/mol. The smallest absolute Gasteiger partial charge is 0.167 e. The molecule has 0 aliphatic rings. The Morgan fingerprint density at radius 1 is 0.824 bits per heavy atom. The molecule has 3 rings (SSSR count). The van der Waals surface area contributed by atoms with Gasteiger partial charge >= 0.3 is 0 Å². The third-order valence-electron chi connectivity index (χ3n) is 2.71. The molecule has 0 saturated heterocycles. The van der Waals surface area contributed by atoms with Crippen LogP contribution in [0.2, 0.25) is 0 Å². The van der Waals surface area contributed by atoms with Crippen LogP contribution in [0.4, 0.5) is 13.2 Å². The van der Waals surface area contributed by atoms with Crippen molar-refractivity contribution in [3.63, 3.8) is 0 Å². The van der Waals surface area contributed by atoms with Crippen LogP contribution in [0.25, 0.3) is 21.5 Å². The standard InChI is InChI=1S/C14H5F3/c15-12-3-1-2-8-7-11-9(6-10(8)12)4-5-13(16)14(11)17/h2-4,6-7H. The first kappa shape index (κ1) is 10.1. The van der Waals surface area contributed by atoms with Gasteiger partial charge in [-0.05, 0) is 47.2 Å². The molecule has 0 aliphatic heterocycles. The molecule has 2 radical (unpaired) electrons. The highest BCUT2D eigenvalue weighted by Gasteiger charge is 2.09. The van der Waals surface area contributed by atoms with Gasteiger partial charge in [0.2, 0.25) is 0 Å². The number of benzene rings is 3. The molecule has 0 spiro atoms. The highest BCUT2D eigenvalue weighted by atomic mass is 19.2. The van der Waals surface area contributed by atoms with E-state index in [0.717, 1.165) is 0 Å². The molecule has 3 aromatic carbocycles. The van der Waals surface area contributed by atoms with Crippen molar-refractivity contribution in [2.24, 2.45) is 0 Å². The van der Waals surface area contributed by atoms with E-state index >= 15 is 0 Å². The summed E-state index contributed by atoms with van der Waals surface area (Å²) in [7, 11) is 0. The second-order valence-electron chi connectivity index (χ2n) is 3.75. The van der Waals surface area contributed by atoms with Gasteiger partial charge in [0.25, 0.3) is 0 Å². The molecule has 0 bridgehead atoms. The van der Waals surface area contributed by atoms with Crippen molar-refractivity contribution < 1.29 is 13.2 Å². The molecule has 0 heterocycles. The van der Waals surface area contributed by atoms with Crippen LogP contribution < -0.4 is 0 Å². The van der Waals surface area contributed by atoms with Gasteiger partial charge in [-0.1, -0.05) is 0 Å². The summed E-state index contributed by atoms with van der Waals surface area (Å²) < 4.78 is 40.0. The zero-order valence-corrected chi connectivity index (χ0v) is 8.52. The topological polar surface area (TPSA) is 0 Å². The van der Waals surface area contributed by atoms with Gasteiger partial charge < -0.3 is 0 Å². The molecule has 0 N–H and O–H groups in total. The first-order chi connectivity index (χ1) is 8.16. The van der Waals surface area contributed by atoms with Gasteiger partial charge in [0.15, 0.2) is 11.6 Å². The highest BCUT2D eigenvalue weighted by Crippen LogP contribution is 2.27. The largest absolute Gasteiger partial charge is 0.206 e.